The van der Waals surface area contributed by atoms with E-state index in [2.05, 4.69) is 22.8 Å². The summed E-state index contributed by atoms with van der Waals surface area (Å²) < 4.78 is 5.35. The van der Waals surface area contributed by atoms with E-state index in [9.17, 15) is 4.79 Å². The van der Waals surface area contributed by atoms with E-state index in [1.165, 1.54) is 4.88 Å². The molecular weight excluding hydrogens is 332 g/mol. The molecule has 5 heteroatoms. The van der Waals surface area contributed by atoms with Gasteiger partial charge in [0.25, 0.3) is 0 Å². The summed E-state index contributed by atoms with van der Waals surface area (Å²) in [5.74, 6) is 1.59. The first-order valence-corrected chi connectivity index (χ1v) is 9.81. The Balaban J connectivity index is 1.39. The molecule has 2 amide bonds. The lowest BCUT2D eigenvalue weighted by Gasteiger charge is -2.32. The van der Waals surface area contributed by atoms with Crippen molar-refractivity contribution in [1.29, 1.82) is 0 Å². The maximum Gasteiger partial charge on any atom is 0.317 e. The number of hydrogen-bond donors (Lipinski definition) is 1. The van der Waals surface area contributed by atoms with Crippen molar-refractivity contribution >= 4 is 17.4 Å². The third kappa shape index (κ3) is 4.98. The van der Waals surface area contributed by atoms with Crippen LogP contribution in [-0.2, 0) is 12.8 Å². The topological polar surface area (TPSA) is 41.6 Å². The number of ether oxygens (including phenoxy) is 1. The van der Waals surface area contributed by atoms with Crippen LogP contribution in [0, 0.1) is 5.92 Å². The molecule has 0 spiro atoms. The summed E-state index contributed by atoms with van der Waals surface area (Å²) in [7, 11) is 1.68. The molecule has 1 fully saturated rings. The number of hydrogen-bond acceptors (Lipinski definition) is 3. The number of likely N-dealkylation sites (tertiary alicyclic amines) is 1. The van der Waals surface area contributed by atoms with Gasteiger partial charge in [0.15, 0.2) is 0 Å². The van der Waals surface area contributed by atoms with E-state index in [0.29, 0.717) is 12.5 Å². The molecule has 3 rings (SSSR count). The SMILES string of the molecule is COc1ccccc1CCNC(=O)N1CCC(Cc2cccs2)CC1. The summed E-state index contributed by atoms with van der Waals surface area (Å²) in [4.78, 5) is 15.8. The Bertz CT molecular complexity index is 664. The molecular formula is C20H26N2O2S. The highest BCUT2D eigenvalue weighted by Crippen LogP contribution is 2.24. The van der Waals surface area contributed by atoms with E-state index in [-0.39, 0.29) is 6.03 Å². The van der Waals surface area contributed by atoms with Crippen molar-refractivity contribution in [2.75, 3.05) is 26.7 Å². The first kappa shape index (κ1) is 17.8. The normalized spacial score (nSPS) is 15.2. The molecule has 0 atom stereocenters. The van der Waals surface area contributed by atoms with E-state index in [1.807, 2.05) is 40.5 Å². The molecule has 1 aliphatic rings. The zero-order valence-corrected chi connectivity index (χ0v) is 15.6. The first-order chi connectivity index (χ1) is 12.3. The molecule has 134 valence electrons. The number of urea groups is 1. The summed E-state index contributed by atoms with van der Waals surface area (Å²) >= 11 is 1.83. The number of benzene rings is 1. The van der Waals surface area contributed by atoms with Gasteiger partial charge < -0.3 is 15.0 Å². The van der Waals surface area contributed by atoms with Crippen molar-refractivity contribution in [3.05, 3.63) is 52.2 Å². The highest BCUT2D eigenvalue weighted by atomic mass is 32.1. The van der Waals surface area contributed by atoms with E-state index >= 15 is 0 Å². The van der Waals surface area contributed by atoms with Gasteiger partial charge in [-0.2, -0.15) is 0 Å². The van der Waals surface area contributed by atoms with Crippen LogP contribution in [0.25, 0.3) is 0 Å². The quantitative estimate of drug-likeness (QED) is 0.849. The molecule has 1 N–H and O–H groups in total. The highest BCUT2D eigenvalue weighted by Gasteiger charge is 2.22. The maximum absolute atomic E-state index is 12.4. The van der Waals surface area contributed by atoms with Crippen LogP contribution in [0.3, 0.4) is 0 Å². The fraction of sp³-hybridized carbons (Fsp3) is 0.450. The van der Waals surface area contributed by atoms with Crippen LogP contribution in [0.15, 0.2) is 41.8 Å². The average molecular weight is 359 g/mol. The van der Waals surface area contributed by atoms with Gasteiger partial charge in [0, 0.05) is 24.5 Å². The van der Waals surface area contributed by atoms with Crippen LogP contribution >= 0.6 is 11.3 Å². The van der Waals surface area contributed by atoms with Crippen molar-refractivity contribution < 1.29 is 9.53 Å². The molecule has 0 bridgehead atoms. The molecule has 1 aliphatic heterocycles. The van der Waals surface area contributed by atoms with Crippen LogP contribution in [0.5, 0.6) is 5.75 Å². The third-order valence-electron chi connectivity index (χ3n) is 4.83. The Labute approximate surface area is 153 Å². The Morgan fingerprint density at radius 3 is 2.76 bits per heavy atom. The number of carbonyl (C=O) groups is 1. The van der Waals surface area contributed by atoms with Crippen molar-refractivity contribution in [3.8, 4) is 5.75 Å². The van der Waals surface area contributed by atoms with Gasteiger partial charge in [-0.15, -0.1) is 11.3 Å². The lowest BCUT2D eigenvalue weighted by atomic mass is 9.93. The van der Waals surface area contributed by atoms with E-state index in [4.69, 9.17) is 4.74 Å². The number of piperidine rings is 1. The minimum absolute atomic E-state index is 0.0597. The highest BCUT2D eigenvalue weighted by molar-refractivity contribution is 7.09. The standard InChI is InChI=1S/C20H26N2O2S/c1-24-19-7-3-2-5-17(19)8-11-21-20(23)22-12-9-16(10-13-22)15-18-6-4-14-25-18/h2-7,14,16H,8-13,15H2,1H3,(H,21,23). The zero-order valence-electron chi connectivity index (χ0n) is 14.7. The van der Waals surface area contributed by atoms with Crippen LogP contribution in [0.2, 0.25) is 0 Å². The molecule has 1 saturated heterocycles. The molecule has 0 unspecified atom stereocenters. The van der Waals surface area contributed by atoms with Crippen LogP contribution in [0.1, 0.15) is 23.3 Å². The predicted molar refractivity (Wildman–Crippen MR) is 102 cm³/mol. The number of methoxy groups -OCH3 is 1. The van der Waals surface area contributed by atoms with Gasteiger partial charge >= 0.3 is 6.03 Å². The molecule has 0 saturated carbocycles. The van der Waals surface area contributed by atoms with Crippen molar-refractivity contribution in [1.82, 2.24) is 10.2 Å². The fourth-order valence-corrected chi connectivity index (χ4v) is 4.20. The van der Waals surface area contributed by atoms with Crippen LogP contribution in [-0.4, -0.2) is 37.7 Å². The third-order valence-corrected chi connectivity index (χ3v) is 5.73. The Hall–Kier alpha value is -2.01. The molecule has 2 heterocycles. The predicted octanol–water partition coefficient (Wildman–Crippen LogP) is 3.96. The van der Waals surface area contributed by atoms with E-state index < -0.39 is 0 Å². The molecule has 0 radical (unpaired) electrons. The van der Waals surface area contributed by atoms with Gasteiger partial charge in [0.2, 0.25) is 0 Å². The lowest BCUT2D eigenvalue weighted by molar-refractivity contribution is 0.170. The number of nitrogens with zero attached hydrogens (tertiary/aromatic N) is 1. The van der Waals surface area contributed by atoms with E-state index in [0.717, 1.165) is 50.1 Å². The fourth-order valence-electron chi connectivity index (χ4n) is 3.38. The lowest BCUT2D eigenvalue weighted by Crippen LogP contribution is -2.45. The number of amides is 2. The number of thiophene rings is 1. The van der Waals surface area contributed by atoms with Crippen LogP contribution in [0.4, 0.5) is 4.79 Å². The second-order valence-corrected chi connectivity index (χ2v) is 7.54. The second-order valence-electron chi connectivity index (χ2n) is 6.51. The van der Waals surface area contributed by atoms with Crippen molar-refractivity contribution in [3.63, 3.8) is 0 Å². The van der Waals surface area contributed by atoms with Gasteiger partial charge in [-0.25, -0.2) is 4.79 Å². The molecule has 25 heavy (non-hydrogen) atoms. The average Bonchev–Trinajstić information content (AvgIpc) is 3.15. The number of nitrogens with one attached hydrogen (secondary N) is 1. The van der Waals surface area contributed by atoms with Crippen LogP contribution < -0.4 is 10.1 Å². The smallest absolute Gasteiger partial charge is 0.317 e. The van der Waals surface area contributed by atoms with Crippen molar-refractivity contribution in [2.24, 2.45) is 5.92 Å². The summed E-state index contributed by atoms with van der Waals surface area (Å²) in [5, 5.41) is 5.18. The second kappa shape index (κ2) is 8.90. The van der Waals surface area contributed by atoms with Crippen molar-refractivity contribution in [2.45, 2.75) is 25.7 Å². The first-order valence-electron chi connectivity index (χ1n) is 8.93. The minimum Gasteiger partial charge on any atom is -0.496 e. The summed E-state index contributed by atoms with van der Waals surface area (Å²) in [5.41, 5.74) is 1.12. The maximum atomic E-state index is 12.4. The molecule has 2 aromatic rings. The molecule has 1 aromatic carbocycles. The molecule has 0 aliphatic carbocycles. The molecule has 4 nitrogen and oxygen atoms in total. The van der Waals surface area contributed by atoms with Gasteiger partial charge in [0.1, 0.15) is 5.75 Å². The number of carbonyl (C=O) groups excluding carboxylic acids is 1. The minimum atomic E-state index is 0.0597. The Kier molecular flexibility index (Phi) is 6.34. The van der Waals surface area contributed by atoms with Gasteiger partial charge in [-0.3, -0.25) is 0 Å². The number of rotatable bonds is 6. The van der Waals surface area contributed by atoms with Gasteiger partial charge in [-0.1, -0.05) is 24.3 Å². The molecule has 1 aromatic heterocycles. The monoisotopic (exact) mass is 358 g/mol. The van der Waals surface area contributed by atoms with Gasteiger partial charge in [0.05, 0.1) is 7.11 Å². The summed E-state index contributed by atoms with van der Waals surface area (Å²) in [6.07, 6.45) is 4.13. The zero-order chi connectivity index (χ0) is 17.5. The van der Waals surface area contributed by atoms with Gasteiger partial charge in [-0.05, 0) is 54.7 Å². The largest absolute Gasteiger partial charge is 0.496 e. The van der Waals surface area contributed by atoms with E-state index in [1.54, 1.807) is 7.11 Å². The Morgan fingerprint density at radius 1 is 1.24 bits per heavy atom. The summed E-state index contributed by atoms with van der Waals surface area (Å²) in [6.45, 7) is 2.35. The Morgan fingerprint density at radius 2 is 2.04 bits per heavy atom. The number of para-hydroxylation sites is 1. The summed E-state index contributed by atoms with van der Waals surface area (Å²) in [6, 6.07) is 12.3.